The van der Waals surface area contributed by atoms with Gasteiger partial charge < -0.3 is 9.90 Å². The molecule has 1 N–H and O–H groups in total. The van der Waals surface area contributed by atoms with Crippen molar-refractivity contribution in [2.75, 3.05) is 0 Å². The van der Waals surface area contributed by atoms with Crippen LogP contribution in [-0.2, 0) is 4.79 Å². The minimum absolute atomic E-state index is 0.223. The summed E-state index contributed by atoms with van der Waals surface area (Å²) in [5.41, 5.74) is 2.79. The fraction of sp³-hybridized carbons (Fsp3) is 0.783. The zero-order valence-electron chi connectivity index (χ0n) is 17.1. The maximum absolute atomic E-state index is 11.9. The molecule has 0 amide bonds. The van der Waals surface area contributed by atoms with E-state index in [-0.39, 0.29) is 22.7 Å². The van der Waals surface area contributed by atoms with Crippen molar-refractivity contribution < 1.29 is 9.90 Å². The Morgan fingerprint density at radius 2 is 2.04 bits per heavy atom. The number of aliphatic hydroxyl groups is 1. The van der Waals surface area contributed by atoms with Gasteiger partial charge in [-0.1, -0.05) is 51.0 Å². The van der Waals surface area contributed by atoms with Gasteiger partial charge in [-0.3, -0.25) is 0 Å². The van der Waals surface area contributed by atoms with Crippen molar-refractivity contribution in [3.63, 3.8) is 0 Å². The Morgan fingerprint density at radius 3 is 2.56 bits per heavy atom. The number of hydrogen-bond donors (Lipinski definition) is 1. The van der Waals surface area contributed by atoms with E-state index in [0.29, 0.717) is 12.3 Å². The first kappa shape index (κ1) is 20.4. The van der Waals surface area contributed by atoms with E-state index in [1.165, 1.54) is 17.6 Å². The lowest BCUT2D eigenvalue weighted by molar-refractivity contribution is -0.121. The van der Waals surface area contributed by atoms with Crippen LogP contribution in [0.25, 0.3) is 0 Å². The average molecular weight is 347 g/mol. The molecule has 0 aromatic carbocycles. The van der Waals surface area contributed by atoms with E-state index in [0.717, 1.165) is 32.0 Å². The zero-order chi connectivity index (χ0) is 18.8. The molecule has 2 aliphatic carbocycles. The lowest BCUT2D eigenvalue weighted by Crippen LogP contribution is -2.38. The number of rotatable bonds is 7. The number of carbonyl (C=O) groups excluding carboxylic acids is 1. The summed E-state index contributed by atoms with van der Waals surface area (Å²) in [5, 5.41) is 10.8. The topological polar surface area (TPSA) is 37.3 Å². The Morgan fingerprint density at radius 1 is 1.36 bits per heavy atom. The lowest BCUT2D eigenvalue weighted by atomic mass is 9.65. The van der Waals surface area contributed by atoms with Crippen LogP contribution in [0, 0.1) is 28.6 Å². The second kappa shape index (κ2) is 7.78. The van der Waals surface area contributed by atoms with Crippen LogP contribution in [0.5, 0.6) is 0 Å². The van der Waals surface area contributed by atoms with Gasteiger partial charge in [0.05, 0.1) is 6.10 Å². The lowest BCUT2D eigenvalue weighted by Gasteiger charge is -2.39. The molecular formula is C23H38O2. The van der Waals surface area contributed by atoms with Gasteiger partial charge >= 0.3 is 0 Å². The molecule has 0 aromatic rings. The molecule has 5 atom stereocenters. The molecule has 2 heteroatoms. The molecule has 0 bridgehead atoms. The number of aliphatic hydroxyl groups excluding tert-OH is 1. The van der Waals surface area contributed by atoms with Crippen LogP contribution in [0.15, 0.2) is 23.3 Å². The van der Waals surface area contributed by atoms with Crippen molar-refractivity contribution in [3.05, 3.63) is 23.3 Å². The molecule has 0 aliphatic heterocycles. The second-order valence-electron chi connectivity index (χ2n) is 9.52. The highest BCUT2D eigenvalue weighted by atomic mass is 16.3. The zero-order valence-corrected chi connectivity index (χ0v) is 17.1. The molecule has 0 saturated carbocycles. The van der Waals surface area contributed by atoms with Gasteiger partial charge in [-0.05, 0) is 75.5 Å². The SMILES string of the molecule is CC1=CC(C)C(C=O)(CC(O)C(C)CCC2CC=C(C)C2(C)C)CC1. The molecule has 2 rings (SSSR count). The van der Waals surface area contributed by atoms with Crippen molar-refractivity contribution in [2.24, 2.45) is 28.6 Å². The molecular weight excluding hydrogens is 308 g/mol. The van der Waals surface area contributed by atoms with Crippen LogP contribution in [0.1, 0.15) is 80.1 Å². The van der Waals surface area contributed by atoms with Crippen LogP contribution < -0.4 is 0 Å². The standard InChI is InChI=1S/C23H38O2/c1-16-11-12-23(15-24,19(4)13-16)14-21(25)17(2)7-9-20-10-8-18(3)22(20,5)6/h8,13,15,17,19-21,25H,7,9-12,14H2,1-6H3. The van der Waals surface area contributed by atoms with Crippen LogP contribution in [0.2, 0.25) is 0 Å². The molecule has 0 saturated heterocycles. The maximum atomic E-state index is 11.9. The third-order valence-electron chi connectivity index (χ3n) is 7.62. The molecule has 142 valence electrons. The smallest absolute Gasteiger partial charge is 0.126 e. The molecule has 0 spiro atoms. The average Bonchev–Trinajstić information content (AvgIpc) is 2.81. The van der Waals surface area contributed by atoms with Gasteiger partial charge in [0.1, 0.15) is 6.29 Å². The summed E-state index contributed by atoms with van der Waals surface area (Å²) in [5.74, 6) is 1.15. The fourth-order valence-electron chi connectivity index (χ4n) is 4.76. The normalized spacial score (nSPS) is 34.2. The van der Waals surface area contributed by atoms with Gasteiger partial charge in [0.2, 0.25) is 0 Å². The summed E-state index contributed by atoms with van der Waals surface area (Å²) in [6, 6.07) is 0. The first-order valence-corrected chi connectivity index (χ1v) is 10.1. The first-order chi connectivity index (χ1) is 11.6. The van der Waals surface area contributed by atoms with Crippen molar-refractivity contribution >= 4 is 6.29 Å². The predicted molar refractivity (Wildman–Crippen MR) is 105 cm³/mol. The fourth-order valence-corrected chi connectivity index (χ4v) is 4.76. The highest BCUT2D eigenvalue weighted by Gasteiger charge is 2.40. The predicted octanol–water partition coefficient (Wildman–Crippen LogP) is 5.71. The number of allylic oxidation sites excluding steroid dienone is 4. The molecule has 0 heterocycles. The Labute approximate surface area is 154 Å². The van der Waals surface area contributed by atoms with E-state index in [9.17, 15) is 9.90 Å². The van der Waals surface area contributed by atoms with Gasteiger partial charge in [-0.25, -0.2) is 0 Å². The minimum Gasteiger partial charge on any atom is -0.393 e. The van der Waals surface area contributed by atoms with Gasteiger partial charge in [0, 0.05) is 5.41 Å². The molecule has 2 nitrogen and oxygen atoms in total. The number of carbonyl (C=O) groups is 1. The molecule has 0 radical (unpaired) electrons. The Balaban J connectivity index is 1.92. The Kier molecular flexibility index (Phi) is 6.35. The van der Waals surface area contributed by atoms with Crippen LogP contribution in [0.3, 0.4) is 0 Å². The van der Waals surface area contributed by atoms with Crippen molar-refractivity contribution in [2.45, 2.75) is 86.2 Å². The van der Waals surface area contributed by atoms with E-state index >= 15 is 0 Å². The summed E-state index contributed by atoms with van der Waals surface area (Å²) in [6.45, 7) is 13.4. The van der Waals surface area contributed by atoms with Gasteiger partial charge in [-0.2, -0.15) is 0 Å². The first-order valence-electron chi connectivity index (χ1n) is 10.1. The summed E-state index contributed by atoms with van der Waals surface area (Å²) in [4.78, 5) is 11.9. The minimum atomic E-state index is -0.391. The van der Waals surface area contributed by atoms with E-state index in [1.54, 1.807) is 0 Å². The quantitative estimate of drug-likeness (QED) is 0.474. The molecule has 2 aliphatic rings. The summed E-state index contributed by atoms with van der Waals surface area (Å²) < 4.78 is 0. The van der Waals surface area contributed by atoms with Gasteiger partial charge in [-0.15, -0.1) is 0 Å². The largest absolute Gasteiger partial charge is 0.393 e. The van der Waals surface area contributed by atoms with Crippen molar-refractivity contribution in [1.29, 1.82) is 0 Å². The summed E-state index contributed by atoms with van der Waals surface area (Å²) >= 11 is 0. The molecule has 0 fully saturated rings. The monoisotopic (exact) mass is 346 g/mol. The van der Waals surface area contributed by atoms with Crippen LogP contribution >= 0.6 is 0 Å². The van der Waals surface area contributed by atoms with Crippen LogP contribution in [0.4, 0.5) is 0 Å². The Bertz CT molecular complexity index is 542. The Hall–Kier alpha value is -0.890. The van der Waals surface area contributed by atoms with E-state index in [4.69, 9.17) is 0 Å². The second-order valence-corrected chi connectivity index (χ2v) is 9.52. The number of aldehydes is 1. The van der Waals surface area contributed by atoms with E-state index in [2.05, 4.69) is 53.7 Å². The van der Waals surface area contributed by atoms with Crippen molar-refractivity contribution in [1.82, 2.24) is 0 Å². The third kappa shape index (κ3) is 4.27. The van der Waals surface area contributed by atoms with Crippen molar-refractivity contribution in [3.8, 4) is 0 Å². The molecule has 25 heavy (non-hydrogen) atoms. The summed E-state index contributed by atoms with van der Waals surface area (Å²) in [6.07, 6.45) is 11.2. The van der Waals surface area contributed by atoms with Gasteiger partial charge in [0.25, 0.3) is 0 Å². The van der Waals surface area contributed by atoms with Gasteiger partial charge in [0.15, 0.2) is 0 Å². The summed E-state index contributed by atoms with van der Waals surface area (Å²) in [7, 11) is 0. The van der Waals surface area contributed by atoms with Crippen LogP contribution in [-0.4, -0.2) is 17.5 Å². The third-order valence-corrected chi connectivity index (χ3v) is 7.62. The maximum Gasteiger partial charge on any atom is 0.126 e. The molecule has 0 aromatic heterocycles. The van der Waals surface area contributed by atoms with E-state index < -0.39 is 6.10 Å². The highest BCUT2D eigenvalue weighted by Crippen LogP contribution is 2.46. The highest BCUT2D eigenvalue weighted by molar-refractivity contribution is 5.61. The molecule has 5 unspecified atom stereocenters. The number of hydrogen-bond acceptors (Lipinski definition) is 2. The van der Waals surface area contributed by atoms with E-state index in [1.807, 2.05) is 0 Å².